The van der Waals surface area contributed by atoms with Crippen molar-refractivity contribution in [3.8, 4) is 0 Å². The molecule has 2 amide bonds. The summed E-state index contributed by atoms with van der Waals surface area (Å²) in [5, 5.41) is 2.37. The van der Waals surface area contributed by atoms with Gasteiger partial charge in [-0.3, -0.25) is 14.4 Å². The van der Waals surface area contributed by atoms with Gasteiger partial charge >= 0.3 is 6.18 Å². The molecule has 2 N–H and O–H groups in total. The third kappa shape index (κ3) is 5.07. The van der Waals surface area contributed by atoms with Gasteiger partial charge in [-0.2, -0.15) is 13.2 Å². The van der Waals surface area contributed by atoms with Crippen LogP contribution in [0.25, 0.3) is 0 Å². The van der Waals surface area contributed by atoms with Gasteiger partial charge in [-0.15, -0.1) is 0 Å². The predicted molar refractivity (Wildman–Crippen MR) is 85.6 cm³/mol. The van der Waals surface area contributed by atoms with Crippen LogP contribution in [-0.4, -0.2) is 53.5 Å². The maximum Gasteiger partial charge on any atom is 0.431 e. The van der Waals surface area contributed by atoms with Gasteiger partial charge in [-0.1, -0.05) is 0 Å². The van der Waals surface area contributed by atoms with Gasteiger partial charge < -0.3 is 19.9 Å². The molecule has 1 aromatic heterocycles. The molecule has 144 valence electrons. The number of morpholine rings is 1. The van der Waals surface area contributed by atoms with Crippen molar-refractivity contribution >= 4 is 11.8 Å². The van der Waals surface area contributed by atoms with Crippen LogP contribution in [0.1, 0.15) is 36.3 Å². The van der Waals surface area contributed by atoms with Crippen molar-refractivity contribution in [2.24, 2.45) is 0 Å². The summed E-state index contributed by atoms with van der Waals surface area (Å²) >= 11 is 0. The standard InChI is InChI=1S/C16H20F3N3O4/c1-9-7-22(8-10(2)26-9)13(23)5-6-20-14(24)11-3-4-12(16(17,18)19)21-15(11)25/h3-4,9-10H,5-8H2,1-2H3,(H,20,24)(H,21,25)/t9-,10-/m1/s1. The SMILES string of the molecule is C[C@@H]1CN(C(=O)CCNC(=O)c2ccc(C(F)(F)F)[nH]c2=O)C[C@@H](C)O1. The fourth-order valence-electron chi connectivity index (χ4n) is 2.74. The highest BCUT2D eigenvalue weighted by Gasteiger charge is 2.32. The molecular weight excluding hydrogens is 355 g/mol. The van der Waals surface area contributed by atoms with E-state index in [1.54, 1.807) is 9.88 Å². The van der Waals surface area contributed by atoms with E-state index >= 15 is 0 Å². The first-order valence-electron chi connectivity index (χ1n) is 8.10. The van der Waals surface area contributed by atoms with Crippen molar-refractivity contribution in [3.63, 3.8) is 0 Å². The van der Waals surface area contributed by atoms with Crippen LogP contribution in [0.5, 0.6) is 0 Å². The van der Waals surface area contributed by atoms with Crippen molar-refractivity contribution in [3.05, 3.63) is 33.7 Å². The molecule has 7 nitrogen and oxygen atoms in total. The highest BCUT2D eigenvalue weighted by molar-refractivity contribution is 5.94. The van der Waals surface area contributed by atoms with Crippen molar-refractivity contribution in [1.82, 2.24) is 15.2 Å². The average molecular weight is 375 g/mol. The predicted octanol–water partition coefficient (Wildman–Crippen LogP) is 1.15. The lowest BCUT2D eigenvalue weighted by molar-refractivity contribution is -0.143. The minimum Gasteiger partial charge on any atom is -0.372 e. The number of ether oxygens (including phenoxy) is 1. The summed E-state index contributed by atoms with van der Waals surface area (Å²) in [4.78, 5) is 39.0. The lowest BCUT2D eigenvalue weighted by Crippen LogP contribution is -2.48. The molecule has 1 fully saturated rings. The van der Waals surface area contributed by atoms with Crippen LogP contribution in [0.3, 0.4) is 0 Å². The zero-order valence-electron chi connectivity index (χ0n) is 14.4. The molecule has 1 aromatic rings. The van der Waals surface area contributed by atoms with Gasteiger partial charge in [0.25, 0.3) is 11.5 Å². The molecule has 10 heteroatoms. The second-order valence-electron chi connectivity index (χ2n) is 6.17. The number of aromatic amines is 1. The number of pyridine rings is 1. The van der Waals surface area contributed by atoms with E-state index in [2.05, 4.69) is 5.32 Å². The second-order valence-corrected chi connectivity index (χ2v) is 6.17. The monoisotopic (exact) mass is 375 g/mol. The van der Waals surface area contributed by atoms with Crippen molar-refractivity contribution < 1.29 is 27.5 Å². The maximum atomic E-state index is 12.5. The van der Waals surface area contributed by atoms with Crippen LogP contribution < -0.4 is 10.9 Å². The molecule has 2 atom stereocenters. The van der Waals surface area contributed by atoms with Gasteiger partial charge in [0.1, 0.15) is 11.3 Å². The summed E-state index contributed by atoms with van der Waals surface area (Å²) in [6, 6.07) is 1.43. The molecule has 1 aliphatic rings. The number of nitrogens with one attached hydrogen (secondary N) is 2. The first-order chi connectivity index (χ1) is 12.1. The Bertz CT molecular complexity index is 722. The van der Waals surface area contributed by atoms with E-state index in [0.29, 0.717) is 19.2 Å². The topological polar surface area (TPSA) is 91.5 Å². The van der Waals surface area contributed by atoms with Gasteiger partial charge in [0.05, 0.1) is 12.2 Å². The van der Waals surface area contributed by atoms with Crippen molar-refractivity contribution in [2.45, 2.75) is 38.7 Å². The Morgan fingerprint density at radius 1 is 1.27 bits per heavy atom. The fourth-order valence-corrected chi connectivity index (χ4v) is 2.74. The van der Waals surface area contributed by atoms with Gasteiger partial charge in [0.15, 0.2) is 0 Å². The number of hydrogen-bond donors (Lipinski definition) is 2. The van der Waals surface area contributed by atoms with Crippen LogP contribution in [0, 0.1) is 0 Å². The normalized spacial score (nSPS) is 20.7. The van der Waals surface area contributed by atoms with Crippen LogP contribution in [0.2, 0.25) is 0 Å². The highest BCUT2D eigenvalue weighted by Crippen LogP contribution is 2.26. The zero-order chi connectivity index (χ0) is 19.5. The Hall–Kier alpha value is -2.36. The molecule has 0 bridgehead atoms. The molecule has 0 aliphatic carbocycles. The molecule has 1 saturated heterocycles. The van der Waals surface area contributed by atoms with Gasteiger partial charge in [-0.25, -0.2) is 0 Å². The van der Waals surface area contributed by atoms with E-state index in [9.17, 15) is 27.6 Å². The van der Waals surface area contributed by atoms with Crippen molar-refractivity contribution in [2.75, 3.05) is 19.6 Å². The summed E-state index contributed by atoms with van der Waals surface area (Å²) in [7, 11) is 0. The molecule has 0 aromatic carbocycles. The van der Waals surface area contributed by atoms with E-state index in [1.807, 2.05) is 13.8 Å². The lowest BCUT2D eigenvalue weighted by atomic mass is 10.2. The third-order valence-electron chi connectivity index (χ3n) is 3.86. The first-order valence-corrected chi connectivity index (χ1v) is 8.10. The molecule has 0 radical (unpaired) electrons. The van der Waals surface area contributed by atoms with Crippen LogP contribution in [0.15, 0.2) is 16.9 Å². The number of rotatable bonds is 4. The molecule has 1 aliphatic heterocycles. The third-order valence-corrected chi connectivity index (χ3v) is 3.86. The number of amides is 2. The molecule has 0 spiro atoms. The van der Waals surface area contributed by atoms with Gasteiger partial charge in [0.2, 0.25) is 5.91 Å². The fraction of sp³-hybridized carbons (Fsp3) is 0.562. The molecular formula is C16H20F3N3O4. The Morgan fingerprint density at radius 2 is 1.88 bits per heavy atom. The number of H-pyrrole nitrogens is 1. The van der Waals surface area contributed by atoms with E-state index in [4.69, 9.17) is 4.74 Å². The molecule has 0 unspecified atom stereocenters. The molecule has 2 rings (SSSR count). The van der Waals surface area contributed by atoms with E-state index < -0.39 is 28.9 Å². The van der Waals surface area contributed by atoms with Gasteiger partial charge in [0, 0.05) is 26.1 Å². The van der Waals surface area contributed by atoms with E-state index in [0.717, 1.165) is 6.07 Å². The first kappa shape index (κ1) is 20.0. The van der Waals surface area contributed by atoms with E-state index in [1.165, 1.54) is 0 Å². The summed E-state index contributed by atoms with van der Waals surface area (Å²) in [5.41, 5.74) is -2.82. The van der Waals surface area contributed by atoms with Crippen LogP contribution in [-0.2, 0) is 15.7 Å². The lowest BCUT2D eigenvalue weighted by Gasteiger charge is -2.35. The Kier molecular flexibility index (Phi) is 6.06. The largest absolute Gasteiger partial charge is 0.431 e. The minimum absolute atomic E-state index is 0.0176. The Labute approximate surface area is 147 Å². The second kappa shape index (κ2) is 7.90. The Balaban J connectivity index is 1.89. The number of halogens is 3. The molecule has 0 saturated carbocycles. The zero-order valence-corrected chi connectivity index (χ0v) is 14.4. The number of alkyl halides is 3. The average Bonchev–Trinajstić information content (AvgIpc) is 2.52. The van der Waals surface area contributed by atoms with Gasteiger partial charge in [-0.05, 0) is 26.0 Å². The highest BCUT2D eigenvalue weighted by atomic mass is 19.4. The molecule has 2 heterocycles. The summed E-state index contributed by atoms with van der Waals surface area (Å²) in [5.74, 6) is -1.01. The van der Waals surface area contributed by atoms with Crippen LogP contribution in [0.4, 0.5) is 13.2 Å². The maximum absolute atomic E-state index is 12.5. The Morgan fingerprint density at radius 3 is 2.42 bits per heavy atom. The summed E-state index contributed by atoms with van der Waals surface area (Å²) in [6.45, 7) is 4.59. The van der Waals surface area contributed by atoms with E-state index in [-0.39, 0.29) is 31.1 Å². The summed E-state index contributed by atoms with van der Waals surface area (Å²) in [6.07, 6.45) is -4.84. The number of carbonyl (C=O) groups is 2. The number of hydrogen-bond acceptors (Lipinski definition) is 4. The number of carbonyl (C=O) groups excluding carboxylic acids is 2. The minimum atomic E-state index is -4.70. The molecule has 26 heavy (non-hydrogen) atoms. The summed E-state index contributed by atoms with van der Waals surface area (Å²) < 4.78 is 43.0. The number of aromatic nitrogens is 1. The number of nitrogens with zero attached hydrogens (tertiary/aromatic N) is 1. The van der Waals surface area contributed by atoms with Crippen molar-refractivity contribution in [1.29, 1.82) is 0 Å². The van der Waals surface area contributed by atoms with Crippen LogP contribution >= 0.6 is 0 Å². The smallest absolute Gasteiger partial charge is 0.372 e. The quantitative estimate of drug-likeness (QED) is 0.826.